The molecule has 176 valence electrons. The minimum absolute atomic E-state index is 0.0364. The van der Waals surface area contributed by atoms with E-state index < -0.39 is 0 Å². The fourth-order valence-corrected chi connectivity index (χ4v) is 4.44. The highest BCUT2D eigenvalue weighted by Crippen LogP contribution is 2.31. The fraction of sp³-hybridized carbons (Fsp3) is 0.370. The van der Waals surface area contributed by atoms with E-state index in [1.54, 1.807) is 29.2 Å². The summed E-state index contributed by atoms with van der Waals surface area (Å²) in [6, 6.07) is 8.46. The molecule has 3 heterocycles. The summed E-state index contributed by atoms with van der Waals surface area (Å²) in [7, 11) is 0. The van der Waals surface area contributed by atoms with E-state index in [1.165, 1.54) is 31.4 Å². The quantitative estimate of drug-likeness (QED) is 0.409. The number of hydrogen-bond acceptors (Lipinski definition) is 5. The third kappa shape index (κ3) is 5.53. The van der Waals surface area contributed by atoms with Crippen molar-refractivity contribution in [2.24, 2.45) is 0 Å². The van der Waals surface area contributed by atoms with Crippen molar-refractivity contribution in [3.8, 4) is 0 Å². The third-order valence-electron chi connectivity index (χ3n) is 6.26. The molecule has 0 saturated heterocycles. The molecule has 0 aliphatic heterocycles. The van der Waals surface area contributed by atoms with Gasteiger partial charge < -0.3 is 0 Å². The second-order valence-electron chi connectivity index (χ2n) is 8.93. The number of aryl methyl sites for hydroxylation is 3. The molecule has 1 aliphatic rings. The van der Waals surface area contributed by atoms with E-state index in [0.717, 1.165) is 46.6 Å². The molecule has 1 fully saturated rings. The van der Waals surface area contributed by atoms with Crippen molar-refractivity contribution in [3.05, 3.63) is 93.3 Å². The van der Waals surface area contributed by atoms with Gasteiger partial charge in [-0.05, 0) is 63.3 Å². The standard InChI is InChI=1S/C20H23N5O.C7H7F/c1-13-11-23-17-10-16(15-6-4-3-5-7-15)20(26)25(19(17)24-13)12-18-14(2)21-8-9-22-18;1-6-3-2-4-7(8)5-6/h8-11,15H,3-7,12H2,1-2H3;2-5H,1H3. The van der Waals surface area contributed by atoms with Crippen LogP contribution in [0.5, 0.6) is 0 Å². The molecular formula is C27H30FN5O. The zero-order chi connectivity index (χ0) is 24.1. The maximum Gasteiger partial charge on any atom is 0.256 e. The van der Waals surface area contributed by atoms with Crippen LogP contribution in [0.15, 0.2) is 53.7 Å². The van der Waals surface area contributed by atoms with Crippen LogP contribution in [-0.4, -0.2) is 24.5 Å². The van der Waals surface area contributed by atoms with Crippen molar-refractivity contribution >= 4 is 11.2 Å². The SMILES string of the molecule is Cc1cccc(F)c1.Cc1cnc2cc(C3CCCCC3)c(=O)n(Cc3nccnc3C)c2n1. The molecular weight excluding hydrogens is 429 g/mol. The molecule has 5 rings (SSSR count). The minimum atomic E-state index is -0.162. The summed E-state index contributed by atoms with van der Waals surface area (Å²) in [5.41, 5.74) is 5.69. The first-order valence-electron chi connectivity index (χ1n) is 11.8. The Morgan fingerprint density at radius 3 is 2.44 bits per heavy atom. The summed E-state index contributed by atoms with van der Waals surface area (Å²) < 4.78 is 13.9. The Morgan fingerprint density at radius 2 is 1.76 bits per heavy atom. The summed E-state index contributed by atoms with van der Waals surface area (Å²) in [6.45, 7) is 6.04. The Bertz CT molecular complexity index is 1330. The van der Waals surface area contributed by atoms with E-state index in [0.29, 0.717) is 18.1 Å². The van der Waals surface area contributed by atoms with Crippen molar-refractivity contribution < 1.29 is 4.39 Å². The summed E-state index contributed by atoms with van der Waals surface area (Å²) in [5.74, 6) is 0.156. The highest BCUT2D eigenvalue weighted by atomic mass is 19.1. The minimum Gasteiger partial charge on any atom is -0.285 e. The third-order valence-corrected chi connectivity index (χ3v) is 6.26. The van der Waals surface area contributed by atoms with Gasteiger partial charge in [-0.15, -0.1) is 0 Å². The topological polar surface area (TPSA) is 73.6 Å². The molecule has 4 aromatic rings. The van der Waals surface area contributed by atoms with Crippen LogP contribution in [0, 0.1) is 26.6 Å². The lowest BCUT2D eigenvalue weighted by molar-refractivity contribution is 0.439. The molecule has 7 heteroatoms. The molecule has 0 radical (unpaired) electrons. The number of aromatic nitrogens is 5. The van der Waals surface area contributed by atoms with Gasteiger partial charge in [-0.2, -0.15) is 0 Å². The zero-order valence-electron chi connectivity index (χ0n) is 20.0. The maximum absolute atomic E-state index is 13.4. The normalized spacial score (nSPS) is 14.0. The van der Waals surface area contributed by atoms with Gasteiger partial charge in [0.25, 0.3) is 5.56 Å². The molecule has 6 nitrogen and oxygen atoms in total. The van der Waals surface area contributed by atoms with E-state index in [9.17, 15) is 9.18 Å². The summed E-state index contributed by atoms with van der Waals surface area (Å²) >= 11 is 0. The van der Waals surface area contributed by atoms with Gasteiger partial charge in [-0.1, -0.05) is 31.4 Å². The van der Waals surface area contributed by atoms with Crippen LogP contribution in [0.25, 0.3) is 11.2 Å². The molecule has 0 spiro atoms. The Labute approximate surface area is 199 Å². The van der Waals surface area contributed by atoms with Crippen molar-refractivity contribution in [2.45, 2.75) is 65.3 Å². The van der Waals surface area contributed by atoms with E-state index in [4.69, 9.17) is 0 Å². The van der Waals surface area contributed by atoms with Crippen LogP contribution < -0.4 is 5.56 Å². The average Bonchev–Trinajstić information content (AvgIpc) is 2.83. The number of halogens is 1. The van der Waals surface area contributed by atoms with Crippen molar-refractivity contribution in [1.29, 1.82) is 0 Å². The largest absolute Gasteiger partial charge is 0.285 e. The molecule has 0 atom stereocenters. The maximum atomic E-state index is 13.4. The van der Waals surface area contributed by atoms with Crippen LogP contribution in [0.2, 0.25) is 0 Å². The Morgan fingerprint density at radius 1 is 1.00 bits per heavy atom. The van der Waals surface area contributed by atoms with Gasteiger partial charge in [-0.3, -0.25) is 24.3 Å². The van der Waals surface area contributed by atoms with Crippen LogP contribution >= 0.6 is 0 Å². The molecule has 1 saturated carbocycles. The Balaban J connectivity index is 0.000000291. The smallest absolute Gasteiger partial charge is 0.256 e. The molecule has 3 aromatic heterocycles. The summed E-state index contributed by atoms with van der Waals surface area (Å²) in [5, 5.41) is 0. The summed E-state index contributed by atoms with van der Waals surface area (Å²) in [6.07, 6.45) is 10.9. The van der Waals surface area contributed by atoms with Crippen LogP contribution in [0.4, 0.5) is 4.39 Å². The number of fused-ring (bicyclic) bond motifs is 1. The second kappa shape index (κ2) is 10.6. The van der Waals surface area contributed by atoms with Gasteiger partial charge in [-0.25, -0.2) is 9.37 Å². The molecule has 34 heavy (non-hydrogen) atoms. The van der Waals surface area contributed by atoms with Crippen molar-refractivity contribution in [2.75, 3.05) is 0 Å². The lowest BCUT2D eigenvalue weighted by Gasteiger charge is -2.22. The van der Waals surface area contributed by atoms with Crippen LogP contribution in [0.3, 0.4) is 0 Å². The van der Waals surface area contributed by atoms with Gasteiger partial charge in [0, 0.05) is 24.2 Å². The molecule has 1 aliphatic carbocycles. The van der Waals surface area contributed by atoms with Crippen LogP contribution in [0.1, 0.15) is 66.2 Å². The first kappa shape index (κ1) is 23.7. The number of rotatable bonds is 3. The van der Waals surface area contributed by atoms with Gasteiger partial charge >= 0.3 is 0 Å². The number of nitrogens with zero attached hydrogens (tertiary/aromatic N) is 5. The van der Waals surface area contributed by atoms with Gasteiger partial charge in [0.15, 0.2) is 5.65 Å². The lowest BCUT2D eigenvalue weighted by Crippen LogP contribution is -2.28. The molecule has 0 bridgehead atoms. The average molecular weight is 460 g/mol. The van der Waals surface area contributed by atoms with Crippen molar-refractivity contribution in [1.82, 2.24) is 24.5 Å². The second-order valence-corrected chi connectivity index (χ2v) is 8.93. The number of benzene rings is 1. The lowest BCUT2D eigenvalue weighted by atomic mass is 9.84. The molecule has 1 aromatic carbocycles. The zero-order valence-corrected chi connectivity index (χ0v) is 20.0. The first-order valence-corrected chi connectivity index (χ1v) is 11.8. The van der Waals surface area contributed by atoms with E-state index in [-0.39, 0.29) is 11.4 Å². The monoisotopic (exact) mass is 459 g/mol. The number of pyridine rings is 1. The molecule has 0 N–H and O–H groups in total. The molecule has 0 amide bonds. The highest BCUT2D eigenvalue weighted by molar-refractivity contribution is 5.71. The van der Waals surface area contributed by atoms with Gasteiger partial charge in [0.05, 0.1) is 23.6 Å². The highest BCUT2D eigenvalue weighted by Gasteiger charge is 2.22. The van der Waals surface area contributed by atoms with E-state index >= 15 is 0 Å². The summed E-state index contributed by atoms with van der Waals surface area (Å²) in [4.78, 5) is 31.2. The van der Waals surface area contributed by atoms with Gasteiger partial charge in [0.1, 0.15) is 11.3 Å². The molecule has 0 unspecified atom stereocenters. The fourth-order valence-electron chi connectivity index (χ4n) is 4.44. The number of hydrogen-bond donors (Lipinski definition) is 0. The van der Waals surface area contributed by atoms with E-state index in [2.05, 4.69) is 19.9 Å². The first-order chi connectivity index (χ1) is 16.4. The predicted molar refractivity (Wildman–Crippen MR) is 131 cm³/mol. The Hall–Kier alpha value is -3.48. The van der Waals surface area contributed by atoms with E-state index in [1.807, 2.05) is 32.9 Å². The predicted octanol–water partition coefficient (Wildman–Crippen LogP) is 5.43. The van der Waals surface area contributed by atoms with Crippen molar-refractivity contribution in [3.63, 3.8) is 0 Å². The van der Waals surface area contributed by atoms with Gasteiger partial charge in [0.2, 0.25) is 0 Å². The Kier molecular flexibility index (Phi) is 7.40. The van der Waals surface area contributed by atoms with Crippen LogP contribution in [-0.2, 0) is 6.54 Å².